The van der Waals surface area contributed by atoms with Gasteiger partial charge in [-0.15, -0.1) is 0 Å². The molecule has 0 spiro atoms. The Morgan fingerprint density at radius 2 is 1.73 bits per heavy atom. The van der Waals surface area contributed by atoms with Crippen LogP contribution in [0.5, 0.6) is 0 Å². The molecule has 0 aliphatic heterocycles. The lowest BCUT2D eigenvalue weighted by molar-refractivity contribution is -0.384. The maximum Gasteiger partial charge on any atom is 0.269 e. The van der Waals surface area contributed by atoms with Crippen LogP contribution in [0, 0.1) is 10.1 Å². The van der Waals surface area contributed by atoms with Gasteiger partial charge in [-0.1, -0.05) is 0 Å². The molecule has 0 radical (unpaired) electrons. The number of non-ortho nitro benzene ring substituents is 1. The lowest BCUT2D eigenvalue weighted by Gasteiger charge is -2.09. The van der Waals surface area contributed by atoms with Crippen molar-refractivity contribution in [3.63, 3.8) is 0 Å². The summed E-state index contributed by atoms with van der Waals surface area (Å²) in [4.78, 5) is 21.8. The Kier molecular flexibility index (Phi) is 6.26. The first kappa shape index (κ1) is 19.3. The first-order valence-electron chi connectivity index (χ1n) is 7.48. The minimum atomic E-state index is -3.90. The second-order valence-corrected chi connectivity index (χ2v) is 6.86. The number of benzene rings is 2. The first-order chi connectivity index (χ1) is 12.3. The average Bonchev–Trinajstić information content (AvgIpc) is 2.62. The van der Waals surface area contributed by atoms with Crippen molar-refractivity contribution in [1.29, 1.82) is 0 Å². The Morgan fingerprint density at radius 3 is 2.27 bits per heavy atom. The van der Waals surface area contributed by atoms with Gasteiger partial charge in [0.15, 0.2) is 0 Å². The molecule has 2 aromatic carbocycles. The molecular weight excluding hydrogens is 362 g/mol. The summed E-state index contributed by atoms with van der Waals surface area (Å²) in [6.45, 7) is 0.753. The predicted octanol–water partition coefficient (Wildman–Crippen LogP) is 1.77. The second kappa shape index (κ2) is 8.41. The highest BCUT2D eigenvalue weighted by Gasteiger charge is 2.16. The highest BCUT2D eigenvalue weighted by molar-refractivity contribution is 7.92. The van der Waals surface area contributed by atoms with Crippen molar-refractivity contribution in [2.24, 2.45) is 0 Å². The molecule has 0 atom stereocenters. The predicted molar refractivity (Wildman–Crippen MR) is 94.6 cm³/mol. The van der Waals surface area contributed by atoms with E-state index < -0.39 is 14.9 Å². The van der Waals surface area contributed by atoms with Crippen molar-refractivity contribution < 1.29 is 22.9 Å². The molecule has 0 saturated carbocycles. The average molecular weight is 379 g/mol. The van der Waals surface area contributed by atoms with Crippen molar-refractivity contribution in [1.82, 2.24) is 5.32 Å². The summed E-state index contributed by atoms with van der Waals surface area (Å²) in [5.41, 5.74) is 0.434. The lowest BCUT2D eigenvalue weighted by atomic mass is 10.2. The third-order valence-electron chi connectivity index (χ3n) is 3.35. The maximum absolute atomic E-state index is 12.3. The molecule has 2 rings (SSSR count). The summed E-state index contributed by atoms with van der Waals surface area (Å²) in [7, 11) is -2.37. The second-order valence-electron chi connectivity index (χ2n) is 5.18. The molecule has 0 saturated heterocycles. The number of nitro benzene ring substituents is 1. The van der Waals surface area contributed by atoms with Crippen molar-refractivity contribution in [3.8, 4) is 0 Å². The van der Waals surface area contributed by atoms with Gasteiger partial charge in [-0.25, -0.2) is 8.42 Å². The Hall–Kier alpha value is -2.98. The van der Waals surface area contributed by atoms with Crippen LogP contribution < -0.4 is 10.0 Å². The molecule has 0 bridgehead atoms. The zero-order chi connectivity index (χ0) is 19.2. The highest BCUT2D eigenvalue weighted by atomic mass is 32.2. The van der Waals surface area contributed by atoms with Crippen LogP contribution in [0.3, 0.4) is 0 Å². The quantitative estimate of drug-likeness (QED) is 0.409. The van der Waals surface area contributed by atoms with Crippen LogP contribution in [-0.2, 0) is 14.8 Å². The van der Waals surface area contributed by atoms with E-state index in [1.54, 1.807) is 0 Å². The Morgan fingerprint density at radius 1 is 1.12 bits per heavy atom. The summed E-state index contributed by atoms with van der Waals surface area (Å²) < 4.78 is 31.8. The topological polar surface area (TPSA) is 128 Å². The molecule has 2 aromatic rings. The van der Waals surface area contributed by atoms with Gasteiger partial charge in [-0.05, 0) is 36.4 Å². The molecule has 2 N–H and O–H groups in total. The first-order valence-corrected chi connectivity index (χ1v) is 8.96. The smallest absolute Gasteiger partial charge is 0.269 e. The fraction of sp³-hybridized carbons (Fsp3) is 0.188. The highest BCUT2D eigenvalue weighted by Crippen LogP contribution is 2.19. The van der Waals surface area contributed by atoms with Gasteiger partial charge < -0.3 is 10.1 Å². The third kappa shape index (κ3) is 5.01. The molecule has 0 unspecified atom stereocenters. The van der Waals surface area contributed by atoms with Gasteiger partial charge in [-0.3, -0.25) is 19.6 Å². The van der Waals surface area contributed by atoms with Gasteiger partial charge in [0.1, 0.15) is 0 Å². The number of carbonyl (C=O) groups excluding carboxylic acids is 1. The third-order valence-corrected chi connectivity index (χ3v) is 4.75. The normalized spacial score (nSPS) is 11.0. The number of anilines is 1. The van der Waals surface area contributed by atoms with Gasteiger partial charge >= 0.3 is 0 Å². The molecule has 26 heavy (non-hydrogen) atoms. The summed E-state index contributed by atoms with van der Waals surface area (Å²) in [5, 5.41) is 13.3. The molecule has 9 nitrogen and oxygen atoms in total. The molecule has 0 aliphatic rings. The van der Waals surface area contributed by atoms with E-state index in [4.69, 9.17) is 4.74 Å². The molecule has 1 amide bonds. The van der Waals surface area contributed by atoms with E-state index in [2.05, 4.69) is 10.0 Å². The summed E-state index contributed by atoms with van der Waals surface area (Å²) in [6, 6.07) is 10.4. The molecule has 0 fully saturated rings. The van der Waals surface area contributed by atoms with E-state index in [-0.39, 0.29) is 22.2 Å². The zero-order valence-electron chi connectivity index (χ0n) is 13.8. The van der Waals surface area contributed by atoms with Crippen molar-refractivity contribution >= 4 is 27.3 Å². The zero-order valence-corrected chi connectivity index (χ0v) is 14.7. The molecule has 138 valence electrons. The van der Waals surface area contributed by atoms with Gasteiger partial charge in [0, 0.05) is 37.0 Å². The Bertz CT molecular complexity index is 879. The Balaban J connectivity index is 2.07. The number of hydrogen-bond donors (Lipinski definition) is 2. The number of ether oxygens (including phenoxy) is 1. The summed E-state index contributed by atoms with van der Waals surface area (Å²) >= 11 is 0. The number of amides is 1. The number of methoxy groups -OCH3 is 1. The Labute approximate surface area is 150 Å². The SMILES string of the molecule is COCCNC(=O)c1ccc(NS(=O)(=O)c2ccc([N+](=O)[O-])cc2)cc1. The lowest BCUT2D eigenvalue weighted by Crippen LogP contribution is -2.26. The van der Waals surface area contributed by atoms with Crippen molar-refractivity contribution in [3.05, 3.63) is 64.2 Å². The fourth-order valence-corrected chi connectivity index (χ4v) is 3.08. The summed E-state index contributed by atoms with van der Waals surface area (Å²) in [6.07, 6.45) is 0. The number of hydrogen-bond acceptors (Lipinski definition) is 6. The number of sulfonamides is 1. The molecule has 0 aromatic heterocycles. The molecule has 0 aliphatic carbocycles. The minimum Gasteiger partial charge on any atom is -0.383 e. The van der Waals surface area contributed by atoms with E-state index in [9.17, 15) is 23.3 Å². The van der Waals surface area contributed by atoms with E-state index >= 15 is 0 Å². The van der Waals surface area contributed by atoms with Gasteiger partial charge in [0.25, 0.3) is 21.6 Å². The van der Waals surface area contributed by atoms with E-state index in [1.807, 2.05) is 0 Å². The largest absolute Gasteiger partial charge is 0.383 e. The molecule has 0 heterocycles. The van der Waals surface area contributed by atoms with Crippen LogP contribution in [0.25, 0.3) is 0 Å². The fourth-order valence-electron chi connectivity index (χ4n) is 2.02. The van der Waals surface area contributed by atoms with Crippen molar-refractivity contribution in [2.45, 2.75) is 4.90 Å². The van der Waals surface area contributed by atoms with Crippen molar-refractivity contribution in [2.75, 3.05) is 25.0 Å². The van der Waals surface area contributed by atoms with Crippen LogP contribution in [0.4, 0.5) is 11.4 Å². The number of nitrogens with zero attached hydrogens (tertiary/aromatic N) is 1. The summed E-state index contributed by atoms with van der Waals surface area (Å²) in [5.74, 6) is -0.299. The van der Waals surface area contributed by atoms with Gasteiger partial charge in [0.05, 0.1) is 16.4 Å². The molecular formula is C16H17N3O6S. The number of rotatable bonds is 8. The monoisotopic (exact) mass is 379 g/mol. The number of nitrogens with one attached hydrogen (secondary N) is 2. The minimum absolute atomic E-state index is 0.107. The van der Waals surface area contributed by atoms with Gasteiger partial charge in [0.2, 0.25) is 0 Å². The van der Waals surface area contributed by atoms with E-state index in [0.29, 0.717) is 18.7 Å². The van der Waals surface area contributed by atoms with Crippen LogP contribution in [0.15, 0.2) is 53.4 Å². The van der Waals surface area contributed by atoms with Crippen LogP contribution >= 0.6 is 0 Å². The number of carbonyl (C=O) groups is 1. The maximum atomic E-state index is 12.3. The number of nitro groups is 1. The standard InChI is InChI=1S/C16H17N3O6S/c1-25-11-10-17-16(20)12-2-4-13(5-3-12)18-26(23,24)15-8-6-14(7-9-15)19(21)22/h2-9,18H,10-11H2,1H3,(H,17,20). The van der Waals surface area contributed by atoms with Crippen LogP contribution in [0.1, 0.15) is 10.4 Å². The van der Waals surface area contributed by atoms with Crippen LogP contribution in [-0.4, -0.2) is 39.5 Å². The van der Waals surface area contributed by atoms with E-state index in [0.717, 1.165) is 24.3 Å². The molecule has 10 heteroatoms. The van der Waals surface area contributed by atoms with Crippen LogP contribution in [0.2, 0.25) is 0 Å². The van der Waals surface area contributed by atoms with E-state index in [1.165, 1.54) is 31.4 Å². The van der Waals surface area contributed by atoms with Gasteiger partial charge in [-0.2, -0.15) is 0 Å².